The number of benzene rings is 2. The lowest BCUT2D eigenvalue weighted by Crippen LogP contribution is -2.51. The van der Waals surface area contributed by atoms with Crippen molar-refractivity contribution in [2.45, 2.75) is 74.0 Å². The zero-order chi connectivity index (χ0) is 30.7. The fourth-order valence-corrected chi connectivity index (χ4v) is 8.90. The van der Waals surface area contributed by atoms with Gasteiger partial charge in [-0.1, -0.05) is 36.5 Å². The molecule has 0 radical (unpaired) electrons. The van der Waals surface area contributed by atoms with E-state index in [9.17, 15) is 27.1 Å². The number of carbonyl (C=O) groups is 1. The van der Waals surface area contributed by atoms with Gasteiger partial charge in [0.2, 0.25) is 9.84 Å². The van der Waals surface area contributed by atoms with Crippen LogP contribution in [0.2, 0.25) is 0 Å². The first-order valence-electron chi connectivity index (χ1n) is 15.0. The molecule has 2 fully saturated rings. The number of hydrogen-bond acceptors (Lipinski definition) is 5. The first kappa shape index (κ1) is 29.8. The molecular weight excluding hydrogens is 568 g/mol. The lowest BCUT2D eigenvalue weighted by molar-refractivity contribution is -0.114. The number of rotatable bonds is 4. The minimum atomic E-state index is -4.69. The predicted molar refractivity (Wildman–Crippen MR) is 162 cm³/mol. The normalized spacial score (nSPS) is 30.2. The molecule has 2 aromatic carbocycles. The average molecular weight is 606 g/mol. The molecule has 43 heavy (non-hydrogen) atoms. The van der Waals surface area contributed by atoms with Crippen molar-refractivity contribution in [2.24, 2.45) is 17.3 Å². The van der Waals surface area contributed by atoms with Crippen molar-refractivity contribution < 1.29 is 27.1 Å². The molecule has 5 atom stereocenters. The van der Waals surface area contributed by atoms with Crippen molar-refractivity contribution >= 4 is 21.3 Å². The summed E-state index contributed by atoms with van der Waals surface area (Å²) in [5.41, 5.74) is 4.97. The van der Waals surface area contributed by atoms with Crippen LogP contribution >= 0.6 is 0 Å². The molecule has 0 saturated heterocycles. The van der Waals surface area contributed by atoms with Gasteiger partial charge in [0, 0.05) is 43.1 Å². The molecule has 6 rings (SSSR count). The number of sulfone groups is 1. The molecule has 0 aromatic heterocycles. The molecule has 1 N–H and O–H groups in total. The third-order valence-corrected chi connectivity index (χ3v) is 11.9. The van der Waals surface area contributed by atoms with Gasteiger partial charge in [0.1, 0.15) is 5.60 Å². The SMILES string of the molecule is CN(C)c1ccc([C@H]2C[C@@]3(C)[C@@H](CC[C@@]3(O)C#Cc3ccc(S(=O)(=O)C(F)F)cc3)[C@@H]3CCC4=CC(=O)CCC4=C32)cc1. The van der Waals surface area contributed by atoms with Crippen molar-refractivity contribution in [2.75, 3.05) is 19.0 Å². The summed E-state index contributed by atoms with van der Waals surface area (Å²) in [7, 11) is -0.654. The second-order valence-electron chi connectivity index (χ2n) is 13.0. The van der Waals surface area contributed by atoms with Crippen LogP contribution in [0.5, 0.6) is 0 Å². The summed E-state index contributed by atoms with van der Waals surface area (Å²) in [5.74, 6) is 3.53. The van der Waals surface area contributed by atoms with Gasteiger partial charge in [-0.2, -0.15) is 8.78 Å². The highest BCUT2D eigenvalue weighted by Crippen LogP contribution is 2.66. The zero-order valence-electron chi connectivity index (χ0n) is 24.7. The van der Waals surface area contributed by atoms with Crippen LogP contribution in [0.1, 0.15) is 68.9 Å². The van der Waals surface area contributed by atoms with E-state index in [4.69, 9.17) is 0 Å². The van der Waals surface area contributed by atoms with Gasteiger partial charge in [-0.25, -0.2) is 8.42 Å². The Morgan fingerprint density at radius 3 is 2.35 bits per heavy atom. The van der Waals surface area contributed by atoms with Crippen LogP contribution in [-0.4, -0.2) is 44.8 Å². The van der Waals surface area contributed by atoms with Crippen molar-refractivity contribution in [1.82, 2.24) is 0 Å². The van der Waals surface area contributed by atoms with E-state index in [-0.39, 0.29) is 23.5 Å². The number of nitrogens with zero attached hydrogens (tertiary/aromatic N) is 1. The zero-order valence-corrected chi connectivity index (χ0v) is 25.6. The van der Waals surface area contributed by atoms with E-state index < -0.39 is 31.5 Å². The molecule has 5 nitrogen and oxygen atoms in total. The van der Waals surface area contributed by atoms with Crippen LogP contribution in [0, 0.1) is 29.1 Å². The Hall–Kier alpha value is -3.28. The van der Waals surface area contributed by atoms with Crippen LogP contribution in [0.4, 0.5) is 14.5 Å². The molecule has 0 unspecified atom stereocenters. The van der Waals surface area contributed by atoms with Gasteiger partial charge in [-0.15, -0.1) is 0 Å². The van der Waals surface area contributed by atoms with Crippen molar-refractivity contribution in [1.29, 1.82) is 0 Å². The van der Waals surface area contributed by atoms with E-state index in [1.165, 1.54) is 34.4 Å². The van der Waals surface area contributed by atoms with E-state index >= 15 is 0 Å². The topological polar surface area (TPSA) is 74.7 Å². The van der Waals surface area contributed by atoms with Gasteiger partial charge in [0.05, 0.1) is 4.90 Å². The quantitative estimate of drug-likeness (QED) is 0.407. The molecule has 0 spiro atoms. The fraction of sp³-hybridized carbons (Fsp3) is 0.457. The number of carbonyl (C=O) groups excluding carboxylic acids is 1. The number of aliphatic hydroxyl groups is 1. The Bertz CT molecular complexity index is 1680. The first-order valence-corrected chi connectivity index (χ1v) is 16.5. The summed E-state index contributed by atoms with van der Waals surface area (Å²) in [5, 5.41) is 12.3. The van der Waals surface area contributed by atoms with Crippen LogP contribution in [0.15, 0.2) is 76.2 Å². The van der Waals surface area contributed by atoms with Gasteiger partial charge in [-0.3, -0.25) is 4.79 Å². The monoisotopic (exact) mass is 605 g/mol. The van der Waals surface area contributed by atoms with Gasteiger partial charge in [0.15, 0.2) is 5.78 Å². The first-order chi connectivity index (χ1) is 20.3. The number of hydrogen-bond donors (Lipinski definition) is 1. The minimum Gasteiger partial charge on any atom is -0.378 e. The Balaban J connectivity index is 1.40. The highest BCUT2D eigenvalue weighted by atomic mass is 32.2. The number of halogens is 2. The summed E-state index contributed by atoms with van der Waals surface area (Å²) in [4.78, 5) is 13.9. The highest BCUT2D eigenvalue weighted by Gasteiger charge is 2.62. The van der Waals surface area contributed by atoms with Crippen molar-refractivity contribution in [3.05, 3.63) is 82.5 Å². The summed E-state index contributed by atoms with van der Waals surface area (Å²) in [6.07, 6.45) is 7.04. The molecular formula is C35H37F2NO4S. The van der Waals surface area contributed by atoms with Gasteiger partial charge >= 0.3 is 5.76 Å². The van der Waals surface area contributed by atoms with Crippen LogP contribution < -0.4 is 4.90 Å². The third kappa shape index (κ3) is 4.95. The summed E-state index contributed by atoms with van der Waals surface area (Å²) >= 11 is 0. The molecule has 2 aromatic rings. The fourth-order valence-electron chi connectivity index (χ4n) is 8.18. The minimum absolute atomic E-state index is 0.0830. The lowest BCUT2D eigenvalue weighted by Gasteiger charge is -2.53. The largest absolute Gasteiger partial charge is 0.378 e. The second kappa shape index (κ2) is 10.7. The molecule has 0 heterocycles. The van der Waals surface area contributed by atoms with Gasteiger partial charge in [-0.05, 0) is 110 Å². The van der Waals surface area contributed by atoms with Crippen LogP contribution in [-0.2, 0) is 14.6 Å². The maximum atomic E-state index is 13.0. The summed E-state index contributed by atoms with van der Waals surface area (Å²) in [6.45, 7) is 2.16. The standard InChI is InChI=1S/C35H37F2NO4S/c1-34-21-30(23-6-9-25(10-7-23)38(2)3)32-28-15-11-26(39)20-24(28)8-14-29(32)31(34)17-19-35(34,40)18-16-22-4-12-27(13-5-22)43(41,42)33(36)37/h4-7,9-10,12-13,20,29-31,33,40H,8,11,14-15,17,19,21H2,1-3H3/t29-,30+,31-,34-,35-/m0/s1. The average Bonchev–Trinajstić information content (AvgIpc) is 3.25. The van der Waals surface area contributed by atoms with E-state index in [0.29, 0.717) is 24.8 Å². The maximum absolute atomic E-state index is 13.0. The molecule has 4 aliphatic carbocycles. The molecule has 226 valence electrons. The Morgan fingerprint density at radius 1 is 1.00 bits per heavy atom. The Kier molecular flexibility index (Phi) is 7.42. The Morgan fingerprint density at radius 2 is 1.70 bits per heavy atom. The summed E-state index contributed by atoms with van der Waals surface area (Å²) in [6, 6.07) is 13.8. The second-order valence-corrected chi connectivity index (χ2v) is 14.9. The molecule has 0 bridgehead atoms. The van der Waals surface area contributed by atoms with E-state index in [1.807, 2.05) is 20.2 Å². The maximum Gasteiger partial charge on any atom is 0.341 e. The number of fused-ring (bicyclic) bond motifs is 4. The van der Waals surface area contributed by atoms with Crippen molar-refractivity contribution in [3.63, 3.8) is 0 Å². The van der Waals surface area contributed by atoms with E-state index in [0.717, 1.165) is 43.5 Å². The van der Waals surface area contributed by atoms with Gasteiger partial charge in [0.25, 0.3) is 0 Å². The highest BCUT2D eigenvalue weighted by molar-refractivity contribution is 7.91. The molecule has 8 heteroatoms. The predicted octanol–water partition coefficient (Wildman–Crippen LogP) is 6.43. The molecule has 0 amide bonds. The smallest absolute Gasteiger partial charge is 0.341 e. The van der Waals surface area contributed by atoms with Crippen molar-refractivity contribution in [3.8, 4) is 11.8 Å². The number of alkyl halides is 2. The van der Waals surface area contributed by atoms with E-state index in [1.54, 1.807) is 0 Å². The molecule has 2 saturated carbocycles. The number of anilines is 1. The summed E-state index contributed by atoms with van der Waals surface area (Å²) < 4.78 is 49.6. The molecule has 0 aliphatic heterocycles. The number of allylic oxidation sites excluding steroid dienone is 4. The molecule has 4 aliphatic rings. The lowest BCUT2D eigenvalue weighted by atomic mass is 9.51. The van der Waals surface area contributed by atoms with Gasteiger partial charge < -0.3 is 10.0 Å². The Labute approximate surface area is 252 Å². The van der Waals surface area contributed by atoms with Crippen LogP contribution in [0.3, 0.4) is 0 Å². The van der Waals surface area contributed by atoms with Crippen LogP contribution in [0.25, 0.3) is 0 Å². The third-order valence-electron chi connectivity index (χ3n) is 10.5. The number of ketones is 1. The van der Waals surface area contributed by atoms with E-state index in [2.05, 4.69) is 47.9 Å².